The van der Waals surface area contributed by atoms with E-state index in [1.54, 1.807) is 49.6 Å². The smallest absolute Gasteiger partial charge is 0.256 e. The van der Waals surface area contributed by atoms with Gasteiger partial charge in [-0.05, 0) is 48.9 Å². The highest BCUT2D eigenvalue weighted by Gasteiger charge is 2.14. The average Bonchev–Trinajstić information content (AvgIpc) is 2.80. The lowest BCUT2D eigenvalue weighted by Gasteiger charge is -2.12. The highest BCUT2D eigenvalue weighted by atomic mass is 35.5. The molecule has 166 valence electrons. The van der Waals surface area contributed by atoms with Crippen molar-refractivity contribution in [2.75, 3.05) is 30.6 Å². The van der Waals surface area contributed by atoms with Crippen LogP contribution in [0.15, 0.2) is 65.6 Å². The summed E-state index contributed by atoms with van der Waals surface area (Å²) in [7, 11) is 3.08. The van der Waals surface area contributed by atoms with Gasteiger partial charge in [-0.25, -0.2) is 0 Å². The Morgan fingerprint density at radius 2 is 1.59 bits per heavy atom. The van der Waals surface area contributed by atoms with Gasteiger partial charge in [-0.3, -0.25) is 9.59 Å². The van der Waals surface area contributed by atoms with E-state index >= 15 is 0 Å². The van der Waals surface area contributed by atoms with E-state index in [1.165, 1.54) is 18.9 Å². The Balaban J connectivity index is 1.65. The zero-order valence-corrected chi connectivity index (χ0v) is 19.5. The predicted molar refractivity (Wildman–Crippen MR) is 129 cm³/mol. The minimum Gasteiger partial charge on any atom is -0.493 e. The molecule has 0 spiro atoms. The molecule has 0 saturated heterocycles. The lowest BCUT2D eigenvalue weighted by atomic mass is 10.2. The van der Waals surface area contributed by atoms with Crippen molar-refractivity contribution in [2.45, 2.75) is 11.8 Å². The largest absolute Gasteiger partial charge is 0.493 e. The first kappa shape index (κ1) is 23.5. The maximum Gasteiger partial charge on any atom is 0.256 e. The van der Waals surface area contributed by atoms with Gasteiger partial charge in [0.2, 0.25) is 5.91 Å². The number of anilines is 2. The molecule has 8 heteroatoms. The standard InChI is InChI=1S/C24H23ClN2O4S/c1-15-8-9-16(12-19(15)25)27-24(29)18-6-4-5-7-22(18)32-14-23(28)26-17-10-11-20(30-2)21(13-17)31-3/h4-13H,14H2,1-3H3,(H,26,28)(H,27,29). The molecule has 0 unspecified atom stereocenters. The third-order valence-electron chi connectivity index (χ3n) is 4.59. The quantitative estimate of drug-likeness (QED) is 0.416. The van der Waals surface area contributed by atoms with Crippen LogP contribution < -0.4 is 20.1 Å². The normalized spacial score (nSPS) is 10.4. The Kier molecular flexibility index (Phi) is 8.03. The van der Waals surface area contributed by atoms with Crippen LogP contribution in [-0.4, -0.2) is 31.8 Å². The van der Waals surface area contributed by atoms with Gasteiger partial charge in [-0.1, -0.05) is 29.8 Å². The molecule has 2 N–H and O–H groups in total. The van der Waals surface area contributed by atoms with Gasteiger partial charge in [-0.2, -0.15) is 0 Å². The lowest BCUT2D eigenvalue weighted by Crippen LogP contribution is -2.16. The van der Waals surface area contributed by atoms with Crippen molar-refractivity contribution < 1.29 is 19.1 Å². The van der Waals surface area contributed by atoms with E-state index in [2.05, 4.69) is 10.6 Å². The number of halogens is 1. The molecule has 0 bridgehead atoms. The first-order valence-electron chi connectivity index (χ1n) is 9.72. The molecule has 0 heterocycles. The summed E-state index contributed by atoms with van der Waals surface area (Å²) < 4.78 is 10.5. The second kappa shape index (κ2) is 10.9. The molecule has 0 fully saturated rings. The molecule has 0 aliphatic rings. The minimum atomic E-state index is -0.270. The van der Waals surface area contributed by atoms with Crippen LogP contribution in [0.4, 0.5) is 11.4 Å². The maximum absolute atomic E-state index is 12.8. The Labute approximate surface area is 196 Å². The number of aryl methyl sites for hydroxylation is 1. The number of amides is 2. The van der Waals surface area contributed by atoms with Crippen LogP contribution in [0.1, 0.15) is 15.9 Å². The summed E-state index contributed by atoms with van der Waals surface area (Å²) in [6.45, 7) is 1.90. The van der Waals surface area contributed by atoms with Crippen molar-refractivity contribution >= 4 is 46.6 Å². The van der Waals surface area contributed by atoms with Crippen molar-refractivity contribution in [3.63, 3.8) is 0 Å². The molecule has 0 aromatic heterocycles. The second-order valence-corrected chi connectivity index (χ2v) is 8.25. The number of hydrogen-bond acceptors (Lipinski definition) is 5. The molecule has 6 nitrogen and oxygen atoms in total. The van der Waals surface area contributed by atoms with Gasteiger partial charge in [-0.15, -0.1) is 11.8 Å². The van der Waals surface area contributed by atoms with Crippen LogP contribution in [-0.2, 0) is 4.79 Å². The van der Waals surface area contributed by atoms with Crippen molar-refractivity contribution in [3.05, 3.63) is 76.8 Å². The molecule has 3 aromatic rings. The van der Waals surface area contributed by atoms with Crippen molar-refractivity contribution in [1.29, 1.82) is 0 Å². The Hall–Kier alpha value is -3.16. The summed E-state index contributed by atoms with van der Waals surface area (Å²) >= 11 is 7.43. The molecule has 0 saturated carbocycles. The zero-order chi connectivity index (χ0) is 23.1. The number of carbonyl (C=O) groups excluding carboxylic acids is 2. The summed E-state index contributed by atoms with van der Waals surface area (Å²) in [4.78, 5) is 26.0. The van der Waals surface area contributed by atoms with E-state index in [1.807, 2.05) is 25.1 Å². The third-order valence-corrected chi connectivity index (χ3v) is 6.07. The van der Waals surface area contributed by atoms with Crippen molar-refractivity contribution in [1.82, 2.24) is 0 Å². The Bertz CT molecular complexity index is 1140. The lowest BCUT2D eigenvalue weighted by molar-refractivity contribution is -0.113. The Morgan fingerprint density at radius 3 is 2.31 bits per heavy atom. The van der Waals surface area contributed by atoms with Crippen LogP contribution in [0.5, 0.6) is 11.5 Å². The fourth-order valence-electron chi connectivity index (χ4n) is 2.90. The van der Waals surface area contributed by atoms with E-state index in [0.29, 0.717) is 38.4 Å². The maximum atomic E-state index is 12.8. The van der Waals surface area contributed by atoms with Crippen LogP contribution in [0.3, 0.4) is 0 Å². The van der Waals surface area contributed by atoms with Gasteiger partial charge in [0.05, 0.1) is 25.5 Å². The molecule has 3 rings (SSSR count). The summed E-state index contributed by atoms with van der Waals surface area (Å²) in [6.07, 6.45) is 0. The number of benzene rings is 3. The summed E-state index contributed by atoms with van der Waals surface area (Å²) in [5.74, 6) is 0.761. The van der Waals surface area contributed by atoms with E-state index < -0.39 is 0 Å². The molecule has 0 radical (unpaired) electrons. The predicted octanol–water partition coefficient (Wildman–Crippen LogP) is 5.65. The number of thioether (sulfide) groups is 1. The molecule has 0 atom stereocenters. The van der Waals surface area contributed by atoms with Gasteiger partial charge in [0.15, 0.2) is 11.5 Å². The fraction of sp³-hybridized carbons (Fsp3) is 0.167. The van der Waals surface area contributed by atoms with E-state index in [9.17, 15) is 9.59 Å². The highest BCUT2D eigenvalue weighted by Crippen LogP contribution is 2.30. The zero-order valence-electron chi connectivity index (χ0n) is 17.9. The van der Waals surface area contributed by atoms with Crippen LogP contribution in [0.25, 0.3) is 0 Å². The number of ether oxygens (including phenoxy) is 2. The first-order chi connectivity index (χ1) is 15.4. The van der Waals surface area contributed by atoms with Gasteiger partial charge < -0.3 is 20.1 Å². The van der Waals surface area contributed by atoms with Crippen LogP contribution in [0, 0.1) is 6.92 Å². The summed E-state index contributed by atoms with van der Waals surface area (Å²) in [5.41, 5.74) is 2.61. The first-order valence-corrected chi connectivity index (χ1v) is 11.1. The fourth-order valence-corrected chi connectivity index (χ4v) is 3.93. The summed E-state index contributed by atoms with van der Waals surface area (Å²) in [5, 5.41) is 6.26. The van der Waals surface area contributed by atoms with Crippen LogP contribution in [0.2, 0.25) is 5.02 Å². The molecule has 2 amide bonds. The molecule has 3 aromatic carbocycles. The minimum absolute atomic E-state index is 0.134. The second-order valence-electron chi connectivity index (χ2n) is 6.82. The Morgan fingerprint density at radius 1 is 0.906 bits per heavy atom. The molecular formula is C24H23ClN2O4S. The number of carbonyl (C=O) groups is 2. The topological polar surface area (TPSA) is 76.7 Å². The van der Waals surface area contributed by atoms with E-state index in [0.717, 1.165) is 5.56 Å². The number of nitrogens with one attached hydrogen (secondary N) is 2. The average molecular weight is 471 g/mol. The van der Waals surface area contributed by atoms with Crippen molar-refractivity contribution in [3.8, 4) is 11.5 Å². The number of hydrogen-bond donors (Lipinski definition) is 2. The number of methoxy groups -OCH3 is 2. The van der Waals surface area contributed by atoms with E-state index in [4.69, 9.17) is 21.1 Å². The van der Waals surface area contributed by atoms with Gasteiger partial charge in [0.1, 0.15) is 0 Å². The third kappa shape index (κ3) is 5.96. The van der Waals surface area contributed by atoms with Gasteiger partial charge in [0.25, 0.3) is 5.91 Å². The monoisotopic (exact) mass is 470 g/mol. The van der Waals surface area contributed by atoms with Gasteiger partial charge in [0, 0.05) is 27.4 Å². The van der Waals surface area contributed by atoms with Gasteiger partial charge >= 0.3 is 0 Å². The number of rotatable bonds is 8. The summed E-state index contributed by atoms with van der Waals surface area (Å²) in [6, 6.07) is 17.6. The highest BCUT2D eigenvalue weighted by molar-refractivity contribution is 8.00. The molecule has 0 aliphatic carbocycles. The molecule has 0 aliphatic heterocycles. The SMILES string of the molecule is COc1ccc(NC(=O)CSc2ccccc2C(=O)Nc2ccc(C)c(Cl)c2)cc1OC. The van der Waals surface area contributed by atoms with E-state index in [-0.39, 0.29) is 17.6 Å². The molecular weight excluding hydrogens is 448 g/mol. The molecule has 32 heavy (non-hydrogen) atoms. The van der Waals surface area contributed by atoms with Crippen LogP contribution >= 0.6 is 23.4 Å². The van der Waals surface area contributed by atoms with Crippen molar-refractivity contribution in [2.24, 2.45) is 0 Å².